The molecule has 0 saturated carbocycles. The molecule has 6 heteroatoms. The highest BCUT2D eigenvalue weighted by Gasteiger charge is 2.24. The summed E-state index contributed by atoms with van der Waals surface area (Å²) in [6.45, 7) is 5.43. The summed E-state index contributed by atoms with van der Waals surface area (Å²) < 4.78 is 15.8. The molecule has 2 aromatic heterocycles. The first-order valence-corrected chi connectivity index (χ1v) is 7.11. The van der Waals surface area contributed by atoms with Crippen LogP contribution in [0, 0.1) is 5.82 Å². The van der Waals surface area contributed by atoms with Crippen LogP contribution in [0.5, 0.6) is 0 Å². The molecule has 4 nitrogen and oxygen atoms in total. The van der Waals surface area contributed by atoms with E-state index in [1.807, 2.05) is 6.92 Å². The molecule has 0 aromatic carbocycles. The van der Waals surface area contributed by atoms with Gasteiger partial charge in [0.05, 0.1) is 28.6 Å². The van der Waals surface area contributed by atoms with E-state index in [0.29, 0.717) is 17.3 Å². The van der Waals surface area contributed by atoms with Crippen molar-refractivity contribution >= 4 is 11.6 Å². The summed E-state index contributed by atoms with van der Waals surface area (Å²) in [4.78, 5) is 4.17. The van der Waals surface area contributed by atoms with E-state index in [1.54, 1.807) is 23.1 Å². The topological polar surface area (TPSA) is 42.7 Å². The molecule has 0 saturated heterocycles. The number of nitrogens with zero attached hydrogens (tertiary/aromatic N) is 3. The van der Waals surface area contributed by atoms with Crippen LogP contribution in [0.4, 0.5) is 4.39 Å². The van der Waals surface area contributed by atoms with Crippen molar-refractivity contribution in [2.24, 2.45) is 0 Å². The molecular formula is C14H18ClFN4. The molecule has 108 valence electrons. The van der Waals surface area contributed by atoms with Crippen LogP contribution in [0.1, 0.15) is 37.7 Å². The summed E-state index contributed by atoms with van der Waals surface area (Å²) in [5, 5.41) is 8.03. The van der Waals surface area contributed by atoms with Crippen LogP contribution in [0.25, 0.3) is 0 Å². The third-order valence-corrected chi connectivity index (χ3v) is 3.36. The van der Waals surface area contributed by atoms with Gasteiger partial charge in [0, 0.05) is 12.7 Å². The Morgan fingerprint density at radius 3 is 2.90 bits per heavy atom. The standard InChI is InChI=1S/C14H18ClFN4/c1-3-7-17-13(12-11(16)6-5-8-18-12)14-10(15)9-19-20(14)4-2/h5-6,8-9,13,17H,3-4,7H2,1-2H3. The molecule has 2 aromatic rings. The maximum Gasteiger partial charge on any atom is 0.146 e. The molecule has 0 radical (unpaired) electrons. The third-order valence-electron chi connectivity index (χ3n) is 3.07. The maximum atomic E-state index is 14.1. The lowest BCUT2D eigenvalue weighted by Crippen LogP contribution is -2.27. The Morgan fingerprint density at radius 2 is 2.25 bits per heavy atom. The van der Waals surface area contributed by atoms with Crippen LogP contribution in [-0.2, 0) is 6.54 Å². The monoisotopic (exact) mass is 296 g/mol. The molecule has 1 unspecified atom stereocenters. The summed E-state index contributed by atoms with van der Waals surface area (Å²) in [5.74, 6) is -0.346. The number of rotatable bonds is 6. The third kappa shape index (κ3) is 2.99. The van der Waals surface area contributed by atoms with Gasteiger partial charge in [-0.05, 0) is 32.0 Å². The first kappa shape index (κ1) is 14.9. The van der Waals surface area contributed by atoms with Gasteiger partial charge in [-0.2, -0.15) is 5.10 Å². The van der Waals surface area contributed by atoms with E-state index >= 15 is 0 Å². The molecular weight excluding hydrogens is 279 g/mol. The maximum absolute atomic E-state index is 14.1. The summed E-state index contributed by atoms with van der Waals surface area (Å²) in [7, 11) is 0. The summed E-state index contributed by atoms with van der Waals surface area (Å²) in [6.07, 6.45) is 4.10. The van der Waals surface area contributed by atoms with Gasteiger partial charge in [-0.15, -0.1) is 0 Å². The van der Waals surface area contributed by atoms with Crippen LogP contribution in [0.3, 0.4) is 0 Å². The SMILES string of the molecule is CCCNC(c1ncccc1F)c1c(Cl)cnn1CC. The molecule has 0 aliphatic carbocycles. The average Bonchev–Trinajstić information content (AvgIpc) is 2.82. The first-order chi connectivity index (χ1) is 9.69. The Labute approximate surface area is 123 Å². The summed E-state index contributed by atoms with van der Waals surface area (Å²) in [6, 6.07) is 2.59. The summed E-state index contributed by atoms with van der Waals surface area (Å²) >= 11 is 6.23. The van der Waals surface area contributed by atoms with Crippen LogP contribution in [-0.4, -0.2) is 21.3 Å². The highest BCUT2D eigenvalue weighted by atomic mass is 35.5. The predicted molar refractivity (Wildman–Crippen MR) is 77.2 cm³/mol. The van der Waals surface area contributed by atoms with Crippen molar-refractivity contribution in [2.75, 3.05) is 6.54 Å². The van der Waals surface area contributed by atoms with E-state index in [2.05, 4.69) is 22.3 Å². The highest BCUT2D eigenvalue weighted by molar-refractivity contribution is 6.31. The Hall–Kier alpha value is -1.46. The minimum Gasteiger partial charge on any atom is -0.304 e. The second-order valence-electron chi connectivity index (χ2n) is 4.45. The zero-order valence-corrected chi connectivity index (χ0v) is 12.4. The number of hydrogen-bond acceptors (Lipinski definition) is 3. The fourth-order valence-electron chi connectivity index (χ4n) is 2.13. The van der Waals surface area contributed by atoms with Crippen molar-refractivity contribution in [3.8, 4) is 0 Å². The Bertz CT molecular complexity index is 570. The Morgan fingerprint density at radius 1 is 1.45 bits per heavy atom. The van der Waals surface area contributed by atoms with E-state index < -0.39 is 6.04 Å². The largest absolute Gasteiger partial charge is 0.304 e. The zero-order chi connectivity index (χ0) is 14.5. The molecule has 0 aliphatic rings. The van der Waals surface area contributed by atoms with E-state index in [9.17, 15) is 4.39 Å². The van der Waals surface area contributed by atoms with E-state index in [4.69, 9.17) is 11.6 Å². The van der Waals surface area contributed by atoms with Gasteiger partial charge in [-0.3, -0.25) is 9.67 Å². The molecule has 0 amide bonds. The van der Waals surface area contributed by atoms with Crippen molar-refractivity contribution in [1.82, 2.24) is 20.1 Å². The number of nitrogens with one attached hydrogen (secondary N) is 1. The van der Waals surface area contributed by atoms with Gasteiger partial charge in [-0.1, -0.05) is 18.5 Å². The van der Waals surface area contributed by atoms with Crippen molar-refractivity contribution in [3.05, 3.63) is 46.8 Å². The average molecular weight is 297 g/mol. The van der Waals surface area contributed by atoms with E-state index in [1.165, 1.54) is 6.07 Å². The number of halogens is 2. The van der Waals surface area contributed by atoms with E-state index in [0.717, 1.165) is 18.7 Å². The van der Waals surface area contributed by atoms with Gasteiger partial charge in [0.1, 0.15) is 5.82 Å². The normalized spacial score (nSPS) is 12.6. The number of pyridine rings is 1. The number of aromatic nitrogens is 3. The molecule has 0 fully saturated rings. The van der Waals surface area contributed by atoms with Crippen molar-refractivity contribution < 1.29 is 4.39 Å². The van der Waals surface area contributed by atoms with Crippen molar-refractivity contribution in [2.45, 2.75) is 32.9 Å². The van der Waals surface area contributed by atoms with Crippen LogP contribution in [0.2, 0.25) is 5.02 Å². The van der Waals surface area contributed by atoms with Gasteiger partial charge < -0.3 is 5.32 Å². The second kappa shape index (κ2) is 6.81. The lowest BCUT2D eigenvalue weighted by molar-refractivity contribution is 0.494. The second-order valence-corrected chi connectivity index (χ2v) is 4.86. The smallest absolute Gasteiger partial charge is 0.146 e. The lowest BCUT2D eigenvalue weighted by atomic mass is 10.1. The number of aryl methyl sites for hydroxylation is 1. The fourth-order valence-corrected chi connectivity index (χ4v) is 2.38. The van der Waals surface area contributed by atoms with Gasteiger partial charge in [0.25, 0.3) is 0 Å². The highest BCUT2D eigenvalue weighted by Crippen LogP contribution is 2.28. The van der Waals surface area contributed by atoms with Gasteiger partial charge in [-0.25, -0.2) is 4.39 Å². The lowest BCUT2D eigenvalue weighted by Gasteiger charge is -2.20. The molecule has 0 bridgehead atoms. The molecule has 1 N–H and O–H groups in total. The Kier molecular flexibility index (Phi) is 5.09. The minimum atomic E-state index is -0.397. The van der Waals surface area contributed by atoms with E-state index in [-0.39, 0.29) is 5.82 Å². The fraction of sp³-hybridized carbons (Fsp3) is 0.429. The molecule has 1 atom stereocenters. The van der Waals surface area contributed by atoms with Crippen molar-refractivity contribution in [1.29, 1.82) is 0 Å². The molecule has 20 heavy (non-hydrogen) atoms. The predicted octanol–water partition coefficient (Wildman–Crippen LogP) is 3.18. The quantitative estimate of drug-likeness (QED) is 0.890. The van der Waals surface area contributed by atoms with Crippen LogP contribution >= 0.6 is 11.6 Å². The van der Waals surface area contributed by atoms with Gasteiger partial charge in [0.2, 0.25) is 0 Å². The first-order valence-electron chi connectivity index (χ1n) is 6.74. The minimum absolute atomic E-state index is 0.345. The molecule has 2 rings (SSSR count). The van der Waals surface area contributed by atoms with Crippen molar-refractivity contribution in [3.63, 3.8) is 0 Å². The van der Waals surface area contributed by atoms with Gasteiger partial charge >= 0.3 is 0 Å². The molecule has 0 spiro atoms. The van der Waals surface area contributed by atoms with Gasteiger partial charge in [0.15, 0.2) is 0 Å². The van der Waals surface area contributed by atoms with Crippen LogP contribution < -0.4 is 5.32 Å². The molecule has 0 aliphatic heterocycles. The Balaban J connectivity index is 2.47. The molecule has 2 heterocycles. The van der Waals surface area contributed by atoms with Crippen LogP contribution in [0.15, 0.2) is 24.5 Å². The summed E-state index contributed by atoms with van der Waals surface area (Å²) in [5.41, 5.74) is 1.10. The number of hydrogen-bond donors (Lipinski definition) is 1. The zero-order valence-electron chi connectivity index (χ0n) is 11.6.